The van der Waals surface area contributed by atoms with E-state index in [1.165, 1.54) is 5.56 Å². The van der Waals surface area contributed by atoms with Crippen LogP contribution in [0.5, 0.6) is 0 Å². The van der Waals surface area contributed by atoms with Gasteiger partial charge in [0, 0.05) is 17.7 Å². The van der Waals surface area contributed by atoms with Crippen molar-refractivity contribution in [2.45, 2.75) is 45.1 Å². The highest BCUT2D eigenvalue weighted by atomic mass is 32.1. The number of primary amides is 1. The van der Waals surface area contributed by atoms with Gasteiger partial charge < -0.3 is 16.8 Å². The number of nitrogens with zero attached hydrogens (tertiary/aromatic N) is 1. The number of hydrogen-bond acceptors (Lipinski definition) is 4. The number of anilines is 1. The quantitative estimate of drug-likeness (QED) is 0.711. The molecule has 1 amide bonds. The van der Waals surface area contributed by atoms with Crippen LogP contribution >= 0.6 is 12.2 Å². The smallest absolute Gasteiger partial charge is 0.219 e. The number of thiocarbonyl (C=S) groups is 1. The molecule has 0 aromatic carbocycles. The molecule has 5 nitrogen and oxygen atoms in total. The molecule has 0 unspecified atom stereocenters. The first-order valence-corrected chi connectivity index (χ1v) is 7.08. The van der Waals surface area contributed by atoms with Crippen molar-refractivity contribution in [1.29, 1.82) is 0 Å². The molecule has 1 aromatic rings. The summed E-state index contributed by atoms with van der Waals surface area (Å²) in [7, 11) is 0. The zero-order valence-corrected chi connectivity index (χ0v) is 12.6. The normalized spacial score (nSPS) is 13.9. The number of rotatable bonds is 5. The van der Waals surface area contributed by atoms with E-state index < -0.39 is 5.54 Å². The van der Waals surface area contributed by atoms with Crippen LogP contribution in [0.15, 0.2) is 6.07 Å². The molecule has 0 fully saturated rings. The third-order valence-electron chi connectivity index (χ3n) is 3.39. The van der Waals surface area contributed by atoms with Gasteiger partial charge in [0.1, 0.15) is 10.8 Å². The van der Waals surface area contributed by atoms with E-state index in [9.17, 15) is 4.79 Å². The van der Waals surface area contributed by atoms with Crippen molar-refractivity contribution in [3.63, 3.8) is 0 Å². The molecule has 0 radical (unpaired) electrons. The van der Waals surface area contributed by atoms with Crippen LogP contribution in [0, 0.1) is 0 Å². The van der Waals surface area contributed by atoms with Crippen molar-refractivity contribution in [3.8, 4) is 0 Å². The summed E-state index contributed by atoms with van der Waals surface area (Å²) in [5.41, 5.74) is 13.6. The molecule has 108 valence electrons. The van der Waals surface area contributed by atoms with Crippen LogP contribution in [0.3, 0.4) is 0 Å². The minimum Gasteiger partial charge on any atom is -0.389 e. The molecule has 0 aliphatic heterocycles. The Bertz CT molecular complexity index is 569. The van der Waals surface area contributed by atoms with Gasteiger partial charge in [-0.05, 0) is 44.7 Å². The first kappa shape index (κ1) is 14.7. The second-order valence-corrected chi connectivity index (χ2v) is 6.30. The lowest BCUT2D eigenvalue weighted by atomic mass is 9.99. The number of nitrogens with one attached hydrogen (secondary N) is 1. The fourth-order valence-electron chi connectivity index (χ4n) is 2.56. The SMILES string of the molecule is CC(C)(CC(N)=O)Nc1nc2c(cc1C(N)=S)CCC2. The Labute approximate surface area is 124 Å². The maximum atomic E-state index is 11.1. The number of fused-ring (bicyclic) bond motifs is 1. The largest absolute Gasteiger partial charge is 0.389 e. The number of hydrogen-bond donors (Lipinski definition) is 3. The Morgan fingerprint density at radius 3 is 2.75 bits per heavy atom. The minimum atomic E-state index is -0.495. The summed E-state index contributed by atoms with van der Waals surface area (Å²) in [5, 5.41) is 3.25. The summed E-state index contributed by atoms with van der Waals surface area (Å²) in [5.74, 6) is 0.282. The predicted octanol–water partition coefficient (Wildman–Crippen LogP) is 1.27. The maximum Gasteiger partial charge on any atom is 0.219 e. The van der Waals surface area contributed by atoms with Gasteiger partial charge in [0.25, 0.3) is 0 Å². The molecule has 0 bridgehead atoms. The Kier molecular flexibility index (Phi) is 3.94. The van der Waals surface area contributed by atoms with E-state index in [0.717, 1.165) is 30.5 Å². The highest BCUT2D eigenvalue weighted by Gasteiger charge is 2.24. The van der Waals surface area contributed by atoms with Crippen molar-refractivity contribution in [2.24, 2.45) is 11.5 Å². The van der Waals surface area contributed by atoms with Gasteiger partial charge in [-0.3, -0.25) is 4.79 Å². The Morgan fingerprint density at radius 2 is 2.15 bits per heavy atom. The van der Waals surface area contributed by atoms with Crippen molar-refractivity contribution in [2.75, 3.05) is 5.32 Å². The van der Waals surface area contributed by atoms with Crippen molar-refractivity contribution >= 4 is 28.9 Å². The summed E-state index contributed by atoms with van der Waals surface area (Å²) >= 11 is 5.10. The molecule has 0 saturated carbocycles. The van der Waals surface area contributed by atoms with E-state index >= 15 is 0 Å². The summed E-state index contributed by atoms with van der Waals surface area (Å²) < 4.78 is 0. The van der Waals surface area contributed by atoms with Gasteiger partial charge >= 0.3 is 0 Å². The zero-order valence-electron chi connectivity index (χ0n) is 11.8. The highest BCUT2D eigenvalue weighted by Crippen LogP contribution is 2.27. The minimum absolute atomic E-state index is 0.211. The average molecular weight is 292 g/mol. The second-order valence-electron chi connectivity index (χ2n) is 5.86. The third kappa shape index (κ3) is 3.25. The molecule has 1 aliphatic rings. The van der Waals surface area contributed by atoms with Crippen LogP contribution in [0.4, 0.5) is 5.82 Å². The Balaban J connectivity index is 2.35. The van der Waals surface area contributed by atoms with Gasteiger partial charge in [0.2, 0.25) is 5.91 Å². The molecule has 1 aliphatic carbocycles. The zero-order chi connectivity index (χ0) is 14.9. The lowest BCUT2D eigenvalue weighted by Crippen LogP contribution is -2.37. The molecule has 2 rings (SSSR count). The van der Waals surface area contributed by atoms with Gasteiger partial charge in [-0.15, -0.1) is 0 Å². The summed E-state index contributed by atoms with van der Waals surface area (Å²) in [4.78, 5) is 16.1. The van der Waals surface area contributed by atoms with E-state index in [2.05, 4.69) is 10.3 Å². The van der Waals surface area contributed by atoms with Crippen LogP contribution in [0.1, 0.15) is 43.5 Å². The van der Waals surface area contributed by atoms with Crippen LogP contribution in [0.25, 0.3) is 0 Å². The molecule has 20 heavy (non-hydrogen) atoms. The number of pyridine rings is 1. The summed E-state index contributed by atoms with van der Waals surface area (Å²) in [6.07, 6.45) is 3.30. The topological polar surface area (TPSA) is 94.0 Å². The van der Waals surface area contributed by atoms with E-state index in [-0.39, 0.29) is 12.3 Å². The molecule has 0 spiro atoms. The fraction of sp³-hybridized carbons (Fsp3) is 0.500. The Morgan fingerprint density at radius 1 is 1.45 bits per heavy atom. The number of aromatic nitrogens is 1. The monoisotopic (exact) mass is 292 g/mol. The lowest BCUT2D eigenvalue weighted by molar-refractivity contribution is -0.118. The van der Waals surface area contributed by atoms with Crippen molar-refractivity contribution in [3.05, 3.63) is 22.9 Å². The van der Waals surface area contributed by atoms with E-state index in [0.29, 0.717) is 10.8 Å². The van der Waals surface area contributed by atoms with Crippen LogP contribution in [-0.2, 0) is 17.6 Å². The predicted molar refractivity (Wildman–Crippen MR) is 83.7 cm³/mol. The number of nitrogens with two attached hydrogens (primary N) is 2. The highest BCUT2D eigenvalue weighted by molar-refractivity contribution is 7.80. The van der Waals surface area contributed by atoms with Crippen molar-refractivity contribution in [1.82, 2.24) is 4.98 Å². The Hall–Kier alpha value is -1.69. The van der Waals surface area contributed by atoms with Crippen LogP contribution in [0.2, 0.25) is 0 Å². The van der Waals surface area contributed by atoms with Gasteiger partial charge in [-0.1, -0.05) is 12.2 Å². The fourth-order valence-corrected chi connectivity index (χ4v) is 2.71. The molecule has 0 saturated heterocycles. The number of carbonyl (C=O) groups excluding carboxylic acids is 1. The van der Waals surface area contributed by atoms with Gasteiger partial charge in [-0.2, -0.15) is 0 Å². The number of carbonyl (C=O) groups is 1. The van der Waals surface area contributed by atoms with Gasteiger partial charge in [0.15, 0.2) is 0 Å². The summed E-state index contributed by atoms with van der Waals surface area (Å²) in [6.45, 7) is 3.80. The molecule has 1 aromatic heterocycles. The molecule has 1 heterocycles. The first-order chi connectivity index (χ1) is 9.28. The van der Waals surface area contributed by atoms with E-state index in [4.69, 9.17) is 23.7 Å². The number of amides is 1. The molecular weight excluding hydrogens is 272 g/mol. The lowest BCUT2D eigenvalue weighted by Gasteiger charge is -2.27. The van der Waals surface area contributed by atoms with Crippen LogP contribution in [-0.4, -0.2) is 21.4 Å². The van der Waals surface area contributed by atoms with Gasteiger partial charge in [-0.25, -0.2) is 4.98 Å². The molecule has 0 atom stereocenters. The average Bonchev–Trinajstić information content (AvgIpc) is 2.71. The third-order valence-corrected chi connectivity index (χ3v) is 3.61. The summed E-state index contributed by atoms with van der Waals surface area (Å²) in [6, 6.07) is 2.01. The maximum absolute atomic E-state index is 11.1. The molecule has 5 N–H and O–H groups in total. The molecular formula is C14H20N4OS. The van der Waals surface area contributed by atoms with Crippen LogP contribution < -0.4 is 16.8 Å². The van der Waals surface area contributed by atoms with E-state index in [1.807, 2.05) is 19.9 Å². The standard InChI is InChI=1S/C14H20N4OS/c1-14(2,7-11(15)19)18-13-9(12(16)20)6-8-4-3-5-10(8)17-13/h6H,3-5,7H2,1-2H3,(H2,15,19)(H2,16,20)(H,17,18). The van der Waals surface area contributed by atoms with Crippen molar-refractivity contribution < 1.29 is 4.79 Å². The van der Waals surface area contributed by atoms with E-state index in [1.54, 1.807) is 0 Å². The number of aryl methyl sites for hydroxylation is 2. The first-order valence-electron chi connectivity index (χ1n) is 6.67. The molecule has 6 heteroatoms. The van der Waals surface area contributed by atoms with Gasteiger partial charge in [0.05, 0.1) is 5.56 Å². The second kappa shape index (κ2) is 5.36.